The minimum atomic E-state index is 0.112. The van der Waals surface area contributed by atoms with Crippen molar-refractivity contribution >= 4 is 40.1 Å². The normalized spacial score (nSPS) is 18.4. The zero-order valence-corrected chi connectivity index (χ0v) is 18.2. The maximum absolute atomic E-state index is 12.8. The molecule has 3 heterocycles. The minimum absolute atomic E-state index is 0.112. The van der Waals surface area contributed by atoms with Gasteiger partial charge in [-0.1, -0.05) is 12.1 Å². The molecule has 2 saturated heterocycles. The fraction of sp³-hybridized carbons (Fsp3) is 0.450. The maximum Gasteiger partial charge on any atom is 0.255 e. The van der Waals surface area contributed by atoms with Gasteiger partial charge in [0.2, 0.25) is 0 Å². The number of piperazine rings is 2. The van der Waals surface area contributed by atoms with E-state index in [1.54, 1.807) is 0 Å². The lowest BCUT2D eigenvalue weighted by Gasteiger charge is -2.36. The Balaban J connectivity index is 1.35. The summed E-state index contributed by atoms with van der Waals surface area (Å²) in [6.45, 7) is 7.04. The highest BCUT2D eigenvalue weighted by Gasteiger charge is 2.24. The summed E-state index contributed by atoms with van der Waals surface area (Å²) in [5.74, 6) is 1.95. The Kier molecular flexibility index (Phi) is 5.96. The molecule has 0 unspecified atom stereocenters. The van der Waals surface area contributed by atoms with E-state index in [1.807, 2.05) is 29.2 Å². The Labute approximate surface area is 179 Å². The van der Waals surface area contributed by atoms with Gasteiger partial charge in [0.1, 0.15) is 0 Å². The Morgan fingerprint density at radius 2 is 1.36 bits per heavy atom. The lowest BCUT2D eigenvalue weighted by molar-refractivity contribution is 0.0745. The van der Waals surface area contributed by atoms with Crippen molar-refractivity contribution in [2.75, 3.05) is 69.2 Å². The SMILES string of the molecule is CN1CCN(c2ccc(N3CCN(C(=O)c4ccccc4I)CC3)nn2)CC1. The molecule has 0 saturated carbocycles. The van der Waals surface area contributed by atoms with Gasteiger partial charge in [-0.25, -0.2) is 0 Å². The molecule has 2 aromatic rings. The van der Waals surface area contributed by atoms with Gasteiger partial charge in [-0.2, -0.15) is 0 Å². The lowest BCUT2D eigenvalue weighted by atomic mass is 10.2. The second-order valence-corrected chi connectivity index (χ2v) is 8.46. The summed E-state index contributed by atoms with van der Waals surface area (Å²) >= 11 is 2.22. The molecule has 4 rings (SSSR count). The Morgan fingerprint density at radius 1 is 0.821 bits per heavy atom. The number of hydrogen-bond donors (Lipinski definition) is 0. The van der Waals surface area contributed by atoms with Crippen LogP contribution in [0.2, 0.25) is 0 Å². The smallest absolute Gasteiger partial charge is 0.255 e. The zero-order chi connectivity index (χ0) is 19.5. The summed E-state index contributed by atoms with van der Waals surface area (Å²) in [6.07, 6.45) is 0. The maximum atomic E-state index is 12.8. The first-order chi connectivity index (χ1) is 13.6. The number of amides is 1. The van der Waals surface area contributed by atoms with Crippen LogP contribution in [0.3, 0.4) is 0 Å². The Bertz CT molecular complexity index is 814. The van der Waals surface area contributed by atoms with E-state index in [4.69, 9.17) is 0 Å². The molecular weight excluding hydrogens is 467 g/mol. The highest BCUT2D eigenvalue weighted by atomic mass is 127. The summed E-state index contributed by atoms with van der Waals surface area (Å²) < 4.78 is 0.998. The molecule has 0 radical (unpaired) electrons. The molecule has 28 heavy (non-hydrogen) atoms. The van der Waals surface area contributed by atoms with E-state index >= 15 is 0 Å². The first-order valence-corrected chi connectivity index (χ1v) is 10.8. The van der Waals surface area contributed by atoms with Crippen molar-refractivity contribution in [1.82, 2.24) is 20.0 Å². The predicted octanol–water partition coefficient (Wildman–Crippen LogP) is 1.80. The van der Waals surface area contributed by atoms with E-state index in [9.17, 15) is 4.79 Å². The summed E-state index contributed by atoms with van der Waals surface area (Å²) in [7, 11) is 2.15. The highest BCUT2D eigenvalue weighted by molar-refractivity contribution is 14.1. The quantitative estimate of drug-likeness (QED) is 0.610. The average Bonchev–Trinajstić information content (AvgIpc) is 2.74. The van der Waals surface area contributed by atoms with E-state index in [2.05, 4.69) is 66.7 Å². The number of likely N-dealkylation sites (N-methyl/N-ethyl adjacent to an activating group) is 1. The van der Waals surface area contributed by atoms with Gasteiger partial charge in [-0.3, -0.25) is 4.79 Å². The minimum Gasteiger partial charge on any atom is -0.353 e. The number of hydrogen-bond acceptors (Lipinski definition) is 6. The molecule has 0 aliphatic carbocycles. The lowest BCUT2D eigenvalue weighted by Crippen LogP contribution is -2.49. The van der Waals surface area contributed by atoms with Gasteiger partial charge in [0.05, 0.1) is 5.56 Å². The first-order valence-electron chi connectivity index (χ1n) is 9.68. The van der Waals surface area contributed by atoms with Crippen LogP contribution in [0.5, 0.6) is 0 Å². The van der Waals surface area contributed by atoms with Crippen molar-refractivity contribution in [3.8, 4) is 0 Å². The van der Waals surface area contributed by atoms with E-state index in [0.717, 1.165) is 60.0 Å². The van der Waals surface area contributed by atoms with E-state index in [1.165, 1.54) is 0 Å². The molecule has 1 amide bonds. The van der Waals surface area contributed by atoms with Gasteiger partial charge in [0.25, 0.3) is 5.91 Å². The van der Waals surface area contributed by atoms with E-state index in [-0.39, 0.29) is 5.91 Å². The molecule has 2 aliphatic rings. The van der Waals surface area contributed by atoms with Crippen LogP contribution in [0.4, 0.5) is 11.6 Å². The summed E-state index contributed by atoms with van der Waals surface area (Å²) in [6, 6.07) is 11.9. The van der Waals surface area contributed by atoms with Crippen LogP contribution in [-0.4, -0.2) is 85.3 Å². The highest BCUT2D eigenvalue weighted by Crippen LogP contribution is 2.19. The average molecular weight is 492 g/mol. The summed E-state index contributed by atoms with van der Waals surface area (Å²) in [5, 5.41) is 8.90. The second-order valence-electron chi connectivity index (χ2n) is 7.30. The van der Waals surface area contributed by atoms with Crippen molar-refractivity contribution in [3.63, 3.8) is 0 Å². The molecule has 0 atom stereocenters. The van der Waals surface area contributed by atoms with Crippen molar-refractivity contribution in [2.24, 2.45) is 0 Å². The van der Waals surface area contributed by atoms with Gasteiger partial charge in [-0.15, -0.1) is 10.2 Å². The van der Waals surface area contributed by atoms with Crippen LogP contribution in [0.1, 0.15) is 10.4 Å². The largest absolute Gasteiger partial charge is 0.353 e. The fourth-order valence-corrected chi connectivity index (χ4v) is 4.25. The number of benzene rings is 1. The molecule has 8 heteroatoms. The molecule has 148 valence electrons. The molecular formula is C20H25IN6O. The fourth-order valence-electron chi connectivity index (χ4n) is 3.63. The van der Waals surface area contributed by atoms with Gasteiger partial charge in [-0.05, 0) is 53.9 Å². The van der Waals surface area contributed by atoms with Crippen LogP contribution >= 0.6 is 22.6 Å². The topological polar surface area (TPSA) is 55.8 Å². The van der Waals surface area contributed by atoms with Gasteiger partial charge in [0.15, 0.2) is 11.6 Å². The molecule has 0 N–H and O–H groups in total. The number of carbonyl (C=O) groups excluding carboxylic acids is 1. The number of anilines is 2. The van der Waals surface area contributed by atoms with Crippen molar-refractivity contribution < 1.29 is 4.79 Å². The van der Waals surface area contributed by atoms with E-state index < -0.39 is 0 Å². The molecule has 1 aromatic heterocycles. The third-order valence-corrected chi connectivity index (χ3v) is 6.40. The molecule has 2 fully saturated rings. The summed E-state index contributed by atoms with van der Waals surface area (Å²) in [4.78, 5) is 21.5. The van der Waals surface area contributed by atoms with Gasteiger partial charge >= 0.3 is 0 Å². The zero-order valence-electron chi connectivity index (χ0n) is 16.1. The first kappa shape index (κ1) is 19.4. The standard InChI is InChI=1S/C20H25IN6O/c1-24-8-10-25(11-9-24)18-6-7-19(23-22-18)26-12-14-27(15-13-26)20(28)16-4-2-3-5-17(16)21/h2-7H,8-15H2,1H3. The third-order valence-electron chi connectivity index (χ3n) is 5.46. The van der Waals surface area contributed by atoms with Crippen LogP contribution in [-0.2, 0) is 0 Å². The summed E-state index contributed by atoms with van der Waals surface area (Å²) in [5.41, 5.74) is 0.785. The van der Waals surface area contributed by atoms with Crippen molar-refractivity contribution in [3.05, 3.63) is 45.5 Å². The van der Waals surface area contributed by atoms with Crippen molar-refractivity contribution in [1.29, 1.82) is 0 Å². The number of aromatic nitrogens is 2. The molecule has 7 nitrogen and oxygen atoms in total. The molecule has 0 bridgehead atoms. The van der Waals surface area contributed by atoms with Gasteiger partial charge in [0, 0.05) is 55.9 Å². The van der Waals surface area contributed by atoms with Crippen LogP contribution in [0, 0.1) is 3.57 Å². The van der Waals surface area contributed by atoms with Crippen LogP contribution in [0.25, 0.3) is 0 Å². The Morgan fingerprint density at radius 3 is 1.89 bits per heavy atom. The molecule has 1 aromatic carbocycles. The van der Waals surface area contributed by atoms with Gasteiger partial charge < -0.3 is 19.6 Å². The predicted molar refractivity (Wildman–Crippen MR) is 119 cm³/mol. The number of carbonyl (C=O) groups is 1. The van der Waals surface area contributed by atoms with Crippen molar-refractivity contribution in [2.45, 2.75) is 0 Å². The monoisotopic (exact) mass is 492 g/mol. The second kappa shape index (κ2) is 8.60. The van der Waals surface area contributed by atoms with Crippen LogP contribution < -0.4 is 9.80 Å². The number of halogens is 1. The number of rotatable bonds is 3. The molecule has 2 aliphatic heterocycles. The third kappa shape index (κ3) is 4.22. The van der Waals surface area contributed by atoms with Crippen LogP contribution in [0.15, 0.2) is 36.4 Å². The molecule has 0 spiro atoms. The van der Waals surface area contributed by atoms with E-state index in [0.29, 0.717) is 13.1 Å². The Hall–Kier alpha value is -1.94. The number of nitrogens with zero attached hydrogens (tertiary/aromatic N) is 6.